The zero-order valence-corrected chi connectivity index (χ0v) is 19.5. The van der Waals surface area contributed by atoms with E-state index in [0.29, 0.717) is 17.3 Å². The van der Waals surface area contributed by atoms with Gasteiger partial charge < -0.3 is 4.74 Å². The highest BCUT2D eigenvalue weighted by molar-refractivity contribution is 9.10. The second-order valence-electron chi connectivity index (χ2n) is 7.42. The van der Waals surface area contributed by atoms with E-state index in [4.69, 9.17) is 16.3 Å². The van der Waals surface area contributed by atoms with Crippen LogP contribution in [0.2, 0.25) is 5.02 Å². The summed E-state index contributed by atoms with van der Waals surface area (Å²) in [6.07, 6.45) is 0. The molecule has 1 aliphatic rings. The minimum absolute atomic E-state index is 0.128. The Morgan fingerprint density at radius 1 is 1.03 bits per heavy atom. The topological polar surface area (TPSA) is 58.2 Å². The molecule has 4 aromatic rings. The maximum Gasteiger partial charge on any atom is 0.277 e. The maximum atomic E-state index is 13.5. The molecule has 0 bridgehead atoms. The van der Waals surface area contributed by atoms with Gasteiger partial charge in [-0.25, -0.2) is 0 Å². The Hall–Kier alpha value is -3.09. The number of aromatic amines is 1. The summed E-state index contributed by atoms with van der Waals surface area (Å²) in [6, 6.07) is 22.7. The molecule has 1 N–H and O–H groups in total. The molecule has 0 radical (unpaired) electrons. The van der Waals surface area contributed by atoms with Crippen LogP contribution in [0.25, 0.3) is 11.3 Å². The highest BCUT2D eigenvalue weighted by atomic mass is 79.9. The minimum atomic E-state index is -0.341. The normalized spacial score (nSPS) is 15.2. The van der Waals surface area contributed by atoms with Crippen molar-refractivity contribution in [3.05, 3.63) is 99.1 Å². The first-order valence-corrected chi connectivity index (χ1v) is 11.4. The van der Waals surface area contributed by atoms with Gasteiger partial charge in [0.05, 0.1) is 18.3 Å². The van der Waals surface area contributed by atoms with Crippen LogP contribution in [-0.2, 0) is 0 Å². The van der Waals surface area contributed by atoms with Crippen molar-refractivity contribution in [1.29, 1.82) is 0 Å². The van der Waals surface area contributed by atoms with Crippen LogP contribution in [0.15, 0.2) is 77.3 Å². The number of anilines is 1. The summed E-state index contributed by atoms with van der Waals surface area (Å²) in [6.45, 7) is 2.55. The summed E-state index contributed by atoms with van der Waals surface area (Å²) in [7, 11) is 0. The lowest BCUT2D eigenvalue weighted by Crippen LogP contribution is -2.29. The number of carbonyl (C=O) groups excluding carboxylic acids is 1. The van der Waals surface area contributed by atoms with Crippen LogP contribution in [0, 0.1) is 0 Å². The fourth-order valence-electron chi connectivity index (χ4n) is 4.07. The second-order valence-corrected chi connectivity index (χ2v) is 8.78. The fraction of sp³-hybridized carbons (Fsp3) is 0.120. The van der Waals surface area contributed by atoms with Crippen molar-refractivity contribution in [1.82, 2.24) is 10.2 Å². The molecule has 3 aromatic carbocycles. The third-order valence-electron chi connectivity index (χ3n) is 5.50. The number of hydrogen-bond donors (Lipinski definition) is 1. The molecule has 1 aliphatic heterocycles. The molecule has 2 heterocycles. The molecule has 0 saturated carbocycles. The monoisotopic (exact) mass is 507 g/mol. The van der Waals surface area contributed by atoms with Gasteiger partial charge in [0.25, 0.3) is 5.91 Å². The largest absolute Gasteiger partial charge is 0.494 e. The van der Waals surface area contributed by atoms with Crippen molar-refractivity contribution in [3.8, 4) is 17.0 Å². The number of rotatable bonds is 5. The van der Waals surface area contributed by atoms with Crippen LogP contribution in [0.1, 0.15) is 34.6 Å². The quantitative estimate of drug-likeness (QED) is 0.329. The molecule has 0 unspecified atom stereocenters. The molecule has 7 heteroatoms. The second kappa shape index (κ2) is 8.45. The molecule has 0 saturated heterocycles. The van der Waals surface area contributed by atoms with Crippen LogP contribution in [-0.4, -0.2) is 22.7 Å². The number of benzene rings is 3. The first-order valence-electron chi connectivity index (χ1n) is 10.2. The number of nitrogens with zero attached hydrogens (tertiary/aromatic N) is 2. The molecule has 0 fully saturated rings. The van der Waals surface area contributed by atoms with Crippen LogP contribution in [0.4, 0.5) is 5.69 Å². The number of carbonyl (C=O) groups is 1. The van der Waals surface area contributed by atoms with Gasteiger partial charge in [-0.3, -0.25) is 14.8 Å². The Kier molecular flexibility index (Phi) is 5.49. The number of amides is 1. The molecule has 1 aromatic heterocycles. The van der Waals surface area contributed by atoms with Gasteiger partial charge in [-0.05, 0) is 61.0 Å². The van der Waals surface area contributed by atoms with Gasteiger partial charge in [0.15, 0.2) is 0 Å². The Labute approximate surface area is 199 Å². The van der Waals surface area contributed by atoms with Crippen molar-refractivity contribution in [2.24, 2.45) is 0 Å². The van der Waals surface area contributed by atoms with Crippen molar-refractivity contribution in [2.45, 2.75) is 13.0 Å². The summed E-state index contributed by atoms with van der Waals surface area (Å²) in [5.74, 6) is 0.663. The molecule has 32 heavy (non-hydrogen) atoms. The van der Waals surface area contributed by atoms with Gasteiger partial charge in [-0.1, -0.05) is 51.8 Å². The Morgan fingerprint density at radius 2 is 1.72 bits per heavy atom. The first-order chi connectivity index (χ1) is 15.6. The van der Waals surface area contributed by atoms with E-state index in [9.17, 15) is 4.79 Å². The summed E-state index contributed by atoms with van der Waals surface area (Å²) >= 11 is 9.59. The standard InChI is InChI=1S/C25H19BrClN3O2/c1-2-32-20-13-5-16(6-14-20)24-21-22(15-3-7-17(26)8-4-15)28-29-23(21)25(31)30(24)19-11-9-18(27)10-12-19/h3-14,24H,2H2,1H3,(H,28,29)/t24-/m1/s1. The van der Waals surface area contributed by atoms with Gasteiger partial charge in [0.2, 0.25) is 0 Å². The van der Waals surface area contributed by atoms with E-state index < -0.39 is 0 Å². The zero-order valence-electron chi connectivity index (χ0n) is 17.2. The average Bonchev–Trinajstić information content (AvgIpc) is 3.35. The van der Waals surface area contributed by atoms with Gasteiger partial charge in [0, 0.05) is 26.3 Å². The smallest absolute Gasteiger partial charge is 0.277 e. The van der Waals surface area contributed by atoms with Crippen molar-refractivity contribution in [3.63, 3.8) is 0 Å². The van der Waals surface area contributed by atoms with E-state index in [0.717, 1.165) is 38.3 Å². The number of aromatic nitrogens is 2. The SMILES string of the molecule is CCOc1ccc([C@@H]2c3c(-c4ccc(Br)cc4)n[nH]c3C(=O)N2c2ccc(Cl)cc2)cc1. The van der Waals surface area contributed by atoms with E-state index in [1.165, 1.54) is 0 Å². The number of H-pyrrole nitrogens is 1. The van der Waals surface area contributed by atoms with Gasteiger partial charge in [-0.15, -0.1) is 0 Å². The molecule has 0 spiro atoms. The van der Waals surface area contributed by atoms with E-state index in [1.54, 1.807) is 17.0 Å². The number of hydrogen-bond acceptors (Lipinski definition) is 3. The molecule has 5 rings (SSSR count). The molecule has 1 amide bonds. The van der Waals surface area contributed by atoms with Gasteiger partial charge >= 0.3 is 0 Å². The number of halogens is 2. The summed E-state index contributed by atoms with van der Waals surface area (Å²) < 4.78 is 6.59. The molecule has 1 atom stereocenters. The third-order valence-corrected chi connectivity index (χ3v) is 6.28. The number of fused-ring (bicyclic) bond motifs is 1. The number of ether oxygens (including phenoxy) is 1. The van der Waals surface area contributed by atoms with Crippen molar-refractivity contribution >= 4 is 39.1 Å². The highest BCUT2D eigenvalue weighted by Crippen LogP contribution is 2.45. The third kappa shape index (κ3) is 3.59. The lowest BCUT2D eigenvalue weighted by Gasteiger charge is -2.26. The van der Waals surface area contributed by atoms with Gasteiger partial charge in [-0.2, -0.15) is 5.10 Å². The Morgan fingerprint density at radius 3 is 2.38 bits per heavy atom. The van der Waals surface area contributed by atoms with Crippen LogP contribution >= 0.6 is 27.5 Å². The lowest BCUT2D eigenvalue weighted by molar-refractivity contribution is 0.0989. The highest BCUT2D eigenvalue weighted by Gasteiger charge is 2.43. The molecular weight excluding hydrogens is 490 g/mol. The molecule has 0 aliphatic carbocycles. The van der Waals surface area contributed by atoms with Crippen LogP contribution in [0.5, 0.6) is 5.75 Å². The van der Waals surface area contributed by atoms with E-state index in [1.807, 2.05) is 67.6 Å². The zero-order chi connectivity index (χ0) is 22.2. The average molecular weight is 509 g/mol. The maximum absolute atomic E-state index is 13.5. The van der Waals surface area contributed by atoms with Gasteiger partial charge in [0.1, 0.15) is 11.4 Å². The molecular formula is C25H19BrClN3O2. The predicted molar refractivity (Wildman–Crippen MR) is 129 cm³/mol. The van der Waals surface area contributed by atoms with E-state index in [-0.39, 0.29) is 11.9 Å². The van der Waals surface area contributed by atoms with Crippen molar-refractivity contribution in [2.75, 3.05) is 11.5 Å². The summed E-state index contributed by atoms with van der Waals surface area (Å²) in [5.41, 5.74) is 4.79. The molecule has 160 valence electrons. The molecule has 5 nitrogen and oxygen atoms in total. The number of nitrogens with one attached hydrogen (secondary N) is 1. The van der Waals surface area contributed by atoms with E-state index >= 15 is 0 Å². The Bertz CT molecular complexity index is 1270. The van der Waals surface area contributed by atoms with Crippen molar-refractivity contribution < 1.29 is 9.53 Å². The predicted octanol–water partition coefficient (Wildman–Crippen LogP) is 6.64. The fourth-order valence-corrected chi connectivity index (χ4v) is 4.46. The summed E-state index contributed by atoms with van der Waals surface area (Å²) in [4.78, 5) is 15.3. The minimum Gasteiger partial charge on any atom is -0.494 e. The Balaban J connectivity index is 1.67. The lowest BCUT2D eigenvalue weighted by atomic mass is 9.96. The first kappa shape index (κ1) is 20.8. The van der Waals surface area contributed by atoms with Crippen LogP contribution in [0.3, 0.4) is 0 Å². The summed E-state index contributed by atoms with van der Waals surface area (Å²) in [5, 5.41) is 8.13. The van der Waals surface area contributed by atoms with E-state index in [2.05, 4.69) is 26.1 Å². The van der Waals surface area contributed by atoms with Crippen LogP contribution < -0.4 is 9.64 Å².